The van der Waals surface area contributed by atoms with E-state index in [1.807, 2.05) is 37.3 Å². The van der Waals surface area contributed by atoms with Gasteiger partial charge in [-0.25, -0.2) is 0 Å². The monoisotopic (exact) mass is 335 g/mol. The first-order chi connectivity index (χ1) is 12.2. The van der Waals surface area contributed by atoms with Gasteiger partial charge in [0.2, 0.25) is 0 Å². The Morgan fingerprint density at radius 2 is 1.72 bits per heavy atom. The lowest BCUT2D eigenvalue weighted by Crippen LogP contribution is -2.24. The van der Waals surface area contributed by atoms with Crippen molar-refractivity contribution < 1.29 is 4.74 Å². The predicted octanol–water partition coefficient (Wildman–Crippen LogP) is 3.96. The van der Waals surface area contributed by atoms with E-state index in [0.29, 0.717) is 6.61 Å². The fourth-order valence-electron chi connectivity index (χ4n) is 2.87. The summed E-state index contributed by atoms with van der Waals surface area (Å²) in [7, 11) is 2.12. The van der Waals surface area contributed by atoms with E-state index in [9.17, 15) is 0 Å². The van der Waals surface area contributed by atoms with E-state index in [1.54, 1.807) is 0 Å². The van der Waals surface area contributed by atoms with Crippen LogP contribution in [0, 0.1) is 6.92 Å². The molecule has 3 aromatic rings. The highest BCUT2D eigenvalue weighted by molar-refractivity contribution is 5.26. The Balaban J connectivity index is 1.59. The number of likely N-dealkylation sites (N-methyl/N-ethyl adjacent to an activating group) is 1. The normalized spacial score (nSPS) is 12.4. The first-order valence-corrected chi connectivity index (χ1v) is 8.63. The topological polar surface area (TPSA) is 41.1 Å². The maximum Gasteiger partial charge on any atom is 0.124 e. The number of benzene rings is 2. The number of aromatic nitrogens is 2. The molecule has 0 saturated heterocycles. The van der Waals surface area contributed by atoms with Crippen LogP contribution in [-0.4, -0.2) is 35.3 Å². The average molecular weight is 335 g/mol. The molecule has 3 rings (SSSR count). The second-order valence-electron chi connectivity index (χ2n) is 6.35. The number of rotatable bonds is 8. The minimum absolute atomic E-state index is 0.118. The van der Waals surface area contributed by atoms with Gasteiger partial charge in [0.25, 0.3) is 0 Å². The number of aromatic amines is 1. The van der Waals surface area contributed by atoms with Crippen LogP contribution in [0.5, 0.6) is 0 Å². The molecule has 0 saturated carbocycles. The zero-order chi connectivity index (χ0) is 17.5. The van der Waals surface area contributed by atoms with Crippen LogP contribution >= 0.6 is 0 Å². The summed E-state index contributed by atoms with van der Waals surface area (Å²) in [6, 6.07) is 22.8. The molecule has 0 bridgehead atoms. The molecular formula is C21H25N3O. The van der Waals surface area contributed by atoms with Crippen LogP contribution in [-0.2, 0) is 11.3 Å². The van der Waals surface area contributed by atoms with Crippen molar-refractivity contribution in [3.05, 3.63) is 89.2 Å². The molecule has 25 heavy (non-hydrogen) atoms. The molecule has 1 unspecified atom stereocenters. The van der Waals surface area contributed by atoms with Crippen LogP contribution in [0.3, 0.4) is 0 Å². The Morgan fingerprint density at radius 1 is 1.04 bits per heavy atom. The first-order valence-electron chi connectivity index (χ1n) is 8.63. The lowest BCUT2D eigenvalue weighted by Gasteiger charge is -2.21. The zero-order valence-corrected chi connectivity index (χ0v) is 14.9. The summed E-state index contributed by atoms with van der Waals surface area (Å²) in [5.41, 5.74) is 4.42. The van der Waals surface area contributed by atoms with Gasteiger partial charge in [0, 0.05) is 13.1 Å². The van der Waals surface area contributed by atoms with E-state index >= 15 is 0 Å². The minimum Gasteiger partial charge on any atom is -0.366 e. The van der Waals surface area contributed by atoms with Gasteiger partial charge in [0.1, 0.15) is 6.10 Å². The molecule has 130 valence electrons. The molecule has 0 spiro atoms. The highest BCUT2D eigenvalue weighted by Crippen LogP contribution is 2.24. The highest BCUT2D eigenvalue weighted by atomic mass is 16.5. The SMILES string of the molecule is Cc1cc(C(OCCN(C)Cc2ccccc2)c2ccccc2)[nH]n1. The molecule has 4 heteroatoms. The van der Waals surface area contributed by atoms with Gasteiger partial charge in [-0.1, -0.05) is 60.7 Å². The molecule has 0 radical (unpaired) electrons. The average Bonchev–Trinajstić information content (AvgIpc) is 3.06. The Kier molecular flexibility index (Phi) is 5.99. The summed E-state index contributed by atoms with van der Waals surface area (Å²) >= 11 is 0. The third kappa shape index (κ3) is 5.02. The van der Waals surface area contributed by atoms with Crippen molar-refractivity contribution in [2.24, 2.45) is 0 Å². The van der Waals surface area contributed by atoms with Crippen LogP contribution in [0.1, 0.15) is 28.6 Å². The molecule has 4 nitrogen and oxygen atoms in total. The Labute approximate surface area is 149 Å². The highest BCUT2D eigenvalue weighted by Gasteiger charge is 2.17. The molecule has 1 aromatic heterocycles. The Morgan fingerprint density at radius 3 is 2.36 bits per heavy atom. The predicted molar refractivity (Wildman–Crippen MR) is 100 cm³/mol. The van der Waals surface area contributed by atoms with E-state index < -0.39 is 0 Å². The molecular weight excluding hydrogens is 310 g/mol. The lowest BCUT2D eigenvalue weighted by atomic mass is 10.1. The molecule has 0 aliphatic heterocycles. The zero-order valence-electron chi connectivity index (χ0n) is 14.9. The van der Waals surface area contributed by atoms with E-state index in [4.69, 9.17) is 4.74 Å². The van der Waals surface area contributed by atoms with Gasteiger partial charge in [0.05, 0.1) is 18.0 Å². The standard InChI is InChI=1S/C21H25N3O/c1-17-15-20(23-22-17)21(19-11-7-4-8-12-19)25-14-13-24(2)16-18-9-5-3-6-10-18/h3-12,15,21H,13-14,16H2,1-2H3,(H,22,23). The maximum absolute atomic E-state index is 6.22. The summed E-state index contributed by atoms with van der Waals surface area (Å²) in [6.07, 6.45) is -0.118. The van der Waals surface area contributed by atoms with Gasteiger partial charge in [0.15, 0.2) is 0 Å². The smallest absolute Gasteiger partial charge is 0.124 e. The summed E-state index contributed by atoms with van der Waals surface area (Å²) in [4.78, 5) is 2.27. The number of hydrogen-bond donors (Lipinski definition) is 1. The minimum atomic E-state index is -0.118. The van der Waals surface area contributed by atoms with E-state index in [2.05, 4.69) is 58.5 Å². The molecule has 1 heterocycles. The van der Waals surface area contributed by atoms with Crippen LogP contribution in [0.25, 0.3) is 0 Å². The lowest BCUT2D eigenvalue weighted by molar-refractivity contribution is 0.0611. The number of nitrogens with zero attached hydrogens (tertiary/aromatic N) is 2. The summed E-state index contributed by atoms with van der Waals surface area (Å²) in [6.45, 7) is 4.42. The van der Waals surface area contributed by atoms with Crippen LogP contribution in [0.2, 0.25) is 0 Å². The number of hydrogen-bond acceptors (Lipinski definition) is 3. The van der Waals surface area contributed by atoms with E-state index in [1.165, 1.54) is 5.56 Å². The van der Waals surface area contributed by atoms with Crippen LogP contribution in [0.15, 0.2) is 66.7 Å². The molecule has 2 aromatic carbocycles. The molecule has 0 aliphatic rings. The quantitative estimate of drug-likeness (QED) is 0.677. The number of ether oxygens (including phenoxy) is 1. The fraction of sp³-hybridized carbons (Fsp3) is 0.286. The van der Waals surface area contributed by atoms with Gasteiger partial charge in [-0.15, -0.1) is 0 Å². The maximum atomic E-state index is 6.22. The van der Waals surface area contributed by atoms with E-state index in [0.717, 1.165) is 30.0 Å². The number of H-pyrrole nitrogens is 1. The summed E-state index contributed by atoms with van der Waals surface area (Å²) in [5.74, 6) is 0. The third-order valence-corrected chi connectivity index (χ3v) is 4.16. The van der Waals surface area contributed by atoms with Crippen molar-refractivity contribution in [1.29, 1.82) is 0 Å². The second kappa shape index (κ2) is 8.60. The second-order valence-corrected chi connectivity index (χ2v) is 6.35. The molecule has 0 fully saturated rings. The largest absolute Gasteiger partial charge is 0.366 e. The molecule has 0 aliphatic carbocycles. The fourth-order valence-corrected chi connectivity index (χ4v) is 2.87. The molecule has 0 amide bonds. The summed E-state index contributed by atoms with van der Waals surface area (Å²) in [5, 5.41) is 7.34. The molecule has 1 atom stereocenters. The molecule has 1 N–H and O–H groups in total. The van der Waals surface area contributed by atoms with Gasteiger partial charge < -0.3 is 4.74 Å². The van der Waals surface area contributed by atoms with Crippen molar-refractivity contribution in [2.45, 2.75) is 19.6 Å². The third-order valence-electron chi connectivity index (χ3n) is 4.16. The Bertz CT molecular complexity index is 755. The van der Waals surface area contributed by atoms with Crippen LogP contribution < -0.4 is 0 Å². The van der Waals surface area contributed by atoms with Crippen molar-refractivity contribution in [3.8, 4) is 0 Å². The van der Waals surface area contributed by atoms with Crippen molar-refractivity contribution >= 4 is 0 Å². The van der Waals surface area contributed by atoms with E-state index in [-0.39, 0.29) is 6.10 Å². The Hall–Kier alpha value is -2.43. The van der Waals surface area contributed by atoms with Crippen molar-refractivity contribution in [1.82, 2.24) is 15.1 Å². The van der Waals surface area contributed by atoms with Crippen molar-refractivity contribution in [3.63, 3.8) is 0 Å². The summed E-state index contributed by atoms with van der Waals surface area (Å²) < 4.78 is 6.22. The van der Waals surface area contributed by atoms with Gasteiger partial charge in [-0.05, 0) is 31.2 Å². The van der Waals surface area contributed by atoms with Gasteiger partial charge in [-0.2, -0.15) is 5.10 Å². The van der Waals surface area contributed by atoms with Crippen LogP contribution in [0.4, 0.5) is 0 Å². The number of aryl methyl sites for hydroxylation is 1. The van der Waals surface area contributed by atoms with Crippen molar-refractivity contribution in [2.75, 3.05) is 20.2 Å². The number of nitrogens with one attached hydrogen (secondary N) is 1. The van der Waals surface area contributed by atoms with Gasteiger partial charge >= 0.3 is 0 Å². The first kappa shape index (κ1) is 17.4. The van der Waals surface area contributed by atoms with Gasteiger partial charge in [-0.3, -0.25) is 10.00 Å².